The normalized spacial score (nSPS) is 9.56. The molecule has 1 aromatic rings. The summed E-state index contributed by atoms with van der Waals surface area (Å²) in [6.45, 7) is 0. The molecule has 1 rings (SSSR count). The molecule has 0 unspecified atom stereocenters. The maximum absolute atomic E-state index is 10.3. The number of carbonyl (C=O) groups excluding carboxylic acids is 1. The Balaban J connectivity index is 3.08. The first kappa shape index (κ1) is 6.66. The van der Waals surface area contributed by atoms with Gasteiger partial charge in [0, 0.05) is 0 Å². The molecule has 1 amide bonds. The Hall–Kier alpha value is -0.460. The number of nitrogens with zero attached hydrogens (tertiary/aromatic N) is 4. The van der Waals surface area contributed by atoms with Gasteiger partial charge in [-0.05, 0) is 0 Å². The molecule has 42 valence electrons. The first-order valence-electron chi connectivity index (χ1n) is 2.26. The summed E-state index contributed by atoms with van der Waals surface area (Å²) in [5.74, 6) is 0. The van der Waals surface area contributed by atoms with Crippen molar-refractivity contribution in [1.82, 2.24) is 20.2 Å². The van der Waals surface area contributed by atoms with Crippen LogP contribution in [0.25, 0.3) is 0 Å². The Morgan fingerprint density at radius 2 is 2.44 bits per heavy atom. The van der Waals surface area contributed by atoms with Crippen LogP contribution in [0.5, 0.6) is 0 Å². The van der Waals surface area contributed by atoms with E-state index >= 15 is 0 Å². The zero-order chi connectivity index (χ0) is 6.85. The molecule has 0 aromatic carbocycles. The van der Waals surface area contributed by atoms with E-state index < -0.39 is 6.03 Å². The second kappa shape index (κ2) is 2.42. The van der Waals surface area contributed by atoms with E-state index in [0.29, 0.717) is 31.0 Å². The van der Waals surface area contributed by atoms with Gasteiger partial charge in [-0.1, -0.05) is 0 Å². The third-order valence-electron chi connectivity index (χ3n) is 0.834. The predicted molar refractivity (Wildman–Crippen MR) is 28.2 cm³/mol. The predicted octanol–water partition coefficient (Wildman–Crippen LogP) is -2.61. The van der Waals surface area contributed by atoms with Crippen LogP contribution in [0.3, 0.4) is 0 Å². The molecule has 0 radical (unpaired) electrons. The summed E-state index contributed by atoms with van der Waals surface area (Å²) in [5.41, 5.74) is 4.86. The van der Waals surface area contributed by atoms with Crippen LogP contribution in [0.1, 0.15) is 0 Å². The van der Waals surface area contributed by atoms with Gasteiger partial charge in [0.2, 0.25) is 0 Å². The van der Waals surface area contributed by atoms with Crippen molar-refractivity contribution in [2.24, 2.45) is 5.73 Å². The fourth-order valence-electron chi connectivity index (χ4n) is 0.435. The molecule has 0 saturated heterocycles. The van der Waals surface area contributed by atoms with Gasteiger partial charge >= 0.3 is 67.8 Å². The number of carbonyl (C=O) groups is 1. The average molecular weight is 135 g/mol. The average Bonchev–Trinajstić information content (AvgIpc) is 2.13. The zero-order valence-corrected chi connectivity index (χ0v) is 6.77. The quantitative estimate of drug-likeness (QED) is 0.312. The molecule has 0 fully saturated rings. The molecule has 0 aliphatic rings. The van der Waals surface area contributed by atoms with Crippen LogP contribution in [0.4, 0.5) is 4.79 Å². The van der Waals surface area contributed by atoms with Gasteiger partial charge in [-0.15, -0.1) is 0 Å². The topological polar surface area (TPSA) is 86.7 Å². The third kappa shape index (κ3) is 1.26. The molecule has 7 heteroatoms. The molecule has 1 aromatic heterocycles. The zero-order valence-electron chi connectivity index (χ0n) is 4.77. The van der Waals surface area contributed by atoms with Gasteiger partial charge in [-0.25, -0.2) is 0 Å². The fourth-order valence-corrected chi connectivity index (χ4v) is 0.835. The summed E-state index contributed by atoms with van der Waals surface area (Å²) >= 11 is 0.622. The molecule has 0 aliphatic carbocycles. The second-order valence-electron chi connectivity index (χ2n) is 1.48. The van der Waals surface area contributed by atoms with Gasteiger partial charge in [-0.3, -0.25) is 0 Å². The van der Waals surface area contributed by atoms with Crippen molar-refractivity contribution in [3.05, 3.63) is 0 Å². The summed E-state index contributed by atoms with van der Waals surface area (Å²) in [7, 11) is 0. The van der Waals surface area contributed by atoms with Crippen molar-refractivity contribution in [3.63, 3.8) is 0 Å². The van der Waals surface area contributed by atoms with Crippen molar-refractivity contribution >= 4 is 37.0 Å². The summed E-state index contributed by atoms with van der Waals surface area (Å²) < 4.78 is 1.51. The van der Waals surface area contributed by atoms with Crippen LogP contribution >= 0.6 is 0 Å². The first-order chi connectivity index (χ1) is 4.22. The Labute approximate surface area is 67.8 Å². The Morgan fingerprint density at radius 3 is 2.67 bits per heavy atom. The molecule has 0 bridgehead atoms. The molecule has 2 N–H and O–H groups in total. The van der Waals surface area contributed by atoms with E-state index in [1.54, 1.807) is 0 Å². The maximum atomic E-state index is 10.3. The van der Waals surface area contributed by atoms with E-state index in [-0.39, 0.29) is 0 Å². The number of amides is 1. The SMILES string of the molecule is NC(=O)n1nnn[c]1[Na]. The number of aromatic nitrogens is 4. The van der Waals surface area contributed by atoms with Crippen molar-refractivity contribution in [2.45, 2.75) is 0 Å². The fraction of sp³-hybridized carbons (Fsp3) is 0. The Kier molecular flexibility index (Phi) is 1.79. The van der Waals surface area contributed by atoms with Gasteiger partial charge < -0.3 is 0 Å². The summed E-state index contributed by atoms with van der Waals surface area (Å²) in [6, 6.07) is -0.634. The van der Waals surface area contributed by atoms with Crippen LogP contribution in [-0.2, 0) is 0 Å². The summed E-state index contributed by atoms with van der Waals surface area (Å²) in [5, 5.41) is 10.1. The van der Waals surface area contributed by atoms with E-state index in [1.165, 1.54) is 0 Å². The Bertz CT molecular complexity index is 231. The van der Waals surface area contributed by atoms with Crippen LogP contribution < -0.4 is 8.81 Å². The minimum absolute atomic E-state index is 0.530. The van der Waals surface area contributed by atoms with Crippen LogP contribution in [0.2, 0.25) is 0 Å². The van der Waals surface area contributed by atoms with E-state index in [9.17, 15) is 4.79 Å². The first-order valence-corrected chi connectivity index (χ1v) is 3.26. The van der Waals surface area contributed by atoms with Gasteiger partial charge in [0.25, 0.3) is 0 Å². The Morgan fingerprint density at radius 1 is 1.78 bits per heavy atom. The van der Waals surface area contributed by atoms with Gasteiger partial charge in [-0.2, -0.15) is 0 Å². The molecule has 0 aliphatic heterocycles. The van der Waals surface area contributed by atoms with Crippen LogP contribution in [0.15, 0.2) is 0 Å². The standard InChI is InChI=1S/C2H2N5O.Na/c3-2(8)7-1-4-5-6-7;/h(H2,3,8);. The van der Waals surface area contributed by atoms with Crippen molar-refractivity contribution in [2.75, 3.05) is 0 Å². The van der Waals surface area contributed by atoms with Gasteiger partial charge in [0.05, 0.1) is 0 Å². The molecule has 0 saturated carbocycles. The molecular weight excluding hydrogens is 133 g/mol. The van der Waals surface area contributed by atoms with Crippen molar-refractivity contribution in [3.8, 4) is 0 Å². The van der Waals surface area contributed by atoms with E-state index in [0.717, 1.165) is 4.68 Å². The molecule has 9 heavy (non-hydrogen) atoms. The number of hydrogen-bond acceptors (Lipinski definition) is 4. The van der Waals surface area contributed by atoms with Gasteiger partial charge in [0.1, 0.15) is 0 Å². The van der Waals surface area contributed by atoms with E-state index in [4.69, 9.17) is 5.73 Å². The second-order valence-corrected chi connectivity index (χ2v) is 2.37. The van der Waals surface area contributed by atoms with Crippen LogP contribution in [0, 0.1) is 0 Å². The third-order valence-corrected chi connectivity index (χ3v) is 1.46. The number of primary amides is 1. The summed E-state index contributed by atoms with van der Waals surface area (Å²) in [6.07, 6.45) is 0. The molecule has 6 nitrogen and oxygen atoms in total. The monoisotopic (exact) mass is 135 g/mol. The molecular formula is C2H2N5NaO. The molecule has 0 spiro atoms. The number of tetrazole rings is 1. The van der Waals surface area contributed by atoms with Crippen molar-refractivity contribution in [1.29, 1.82) is 0 Å². The molecule has 0 atom stereocenters. The molecule has 1 heterocycles. The van der Waals surface area contributed by atoms with E-state index in [1.807, 2.05) is 0 Å². The minimum atomic E-state index is -0.634. The van der Waals surface area contributed by atoms with Gasteiger partial charge in [0.15, 0.2) is 0 Å². The van der Waals surface area contributed by atoms with Crippen molar-refractivity contribution < 1.29 is 4.79 Å². The van der Waals surface area contributed by atoms with E-state index in [2.05, 4.69) is 15.5 Å². The number of nitrogens with two attached hydrogens (primary N) is 1. The van der Waals surface area contributed by atoms with Crippen LogP contribution in [-0.4, -0.2) is 54.2 Å². The number of rotatable bonds is 0. The summed E-state index contributed by atoms with van der Waals surface area (Å²) in [4.78, 5) is 10.3. The number of hydrogen-bond donors (Lipinski definition) is 1.